The number of carbonyl (C=O) groups is 1. The standard InChI is InChI=1S/C20H17F2N3O2/c21-16-7-4-8-17(22)20(16)24-14-9-10-18(23-13-14)25-19(26)11-12-27-15-5-2-1-3-6-15/h1-10,13,24H,11-12H2,(H,23,25,26). The lowest BCUT2D eigenvalue weighted by Gasteiger charge is -2.10. The molecule has 1 amide bonds. The van der Waals surface area contributed by atoms with Crippen LogP contribution in [0.4, 0.5) is 26.0 Å². The second kappa shape index (κ2) is 8.75. The smallest absolute Gasteiger partial charge is 0.228 e. The third-order valence-corrected chi connectivity index (χ3v) is 3.60. The van der Waals surface area contributed by atoms with Crippen LogP contribution in [0.15, 0.2) is 66.9 Å². The van der Waals surface area contributed by atoms with E-state index < -0.39 is 11.6 Å². The first-order chi connectivity index (χ1) is 13.1. The number of carbonyl (C=O) groups excluding carboxylic acids is 1. The highest BCUT2D eigenvalue weighted by molar-refractivity contribution is 5.89. The number of hydrogen-bond acceptors (Lipinski definition) is 4. The molecule has 138 valence electrons. The summed E-state index contributed by atoms with van der Waals surface area (Å²) in [7, 11) is 0. The van der Waals surface area contributed by atoms with E-state index in [-0.39, 0.29) is 24.6 Å². The maximum Gasteiger partial charge on any atom is 0.228 e. The zero-order valence-corrected chi connectivity index (χ0v) is 14.3. The van der Waals surface area contributed by atoms with Crippen molar-refractivity contribution < 1.29 is 18.3 Å². The summed E-state index contributed by atoms with van der Waals surface area (Å²) in [6.07, 6.45) is 1.54. The molecule has 0 bridgehead atoms. The van der Waals surface area contributed by atoms with Gasteiger partial charge >= 0.3 is 0 Å². The molecule has 0 saturated heterocycles. The number of aromatic nitrogens is 1. The lowest BCUT2D eigenvalue weighted by atomic mass is 10.2. The first-order valence-electron chi connectivity index (χ1n) is 8.26. The summed E-state index contributed by atoms with van der Waals surface area (Å²) in [5.41, 5.74) is 0.138. The summed E-state index contributed by atoms with van der Waals surface area (Å²) < 4.78 is 32.7. The Labute approximate surface area is 155 Å². The molecule has 0 aliphatic rings. The Kier molecular flexibility index (Phi) is 5.94. The van der Waals surface area contributed by atoms with Gasteiger partial charge in [0.05, 0.1) is 24.9 Å². The van der Waals surface area contributed by atoms with Gasteiger partial charge in [0.1, 0.15) is 28.9 Å². The molecule has 1 heterocycles. The number of ether oxygens (including phenoxy) is 1. The molecular formula is C20H17F2N3O2. The van der Waals surface area contributed by atoms with Gasteiger partial charge in [-0.05, 0) is 36.4 Å². The van der Waals surface area contributed by atoms with E-state index in [4.69, 9.17) is 4.74 Å². The monoisotopic (exact) mass is 369 g/mol. The van der Waals surface area contributed by atoms with Gasteiger partial charge in [0.2, 0.25) is 5.91 Å². The molecule has 0 spiro atoms. The molecule has 27 heavy (non-hydrogen) atoms. The zero-order chi connectivity index (χ0) is 19.1. The fourth-order valence-electron chi connectivity index (χ4n) is 2.29. The molecule has 0 aliphatic heterocycles. The summed E-state index contributed by atoms with van der Waals surface area (Å²) in [5.74, 6) is -0.630. The number of pyridine rings is 1. The van der Waals surface area contributed by atoms with Crippen LogP contribution in [0.25, 0.3) is 0 Å². The minimum absolute atomic E-state index is 0.164. The SMILES string of the molecule is O=C(CCOc1ccccc1)Nc1ccc(Nc2c(F)cccc2F)cn1. The molecule has 0 aliphatic carbocycles. The van der Waals surface area contributed by atoms with Crippen LogP contribution in [0, 0.1) is 11.6 Å². The van der Waals surface area contributed by atoms with Crippen LogP contribution in [-0.2, 0) is 4.79 Å². The van der Waals surface area contributed by atoms with E-state index in [1.54, 1.807) is 6.07 Å². The predicted molar refractivity (Wildman–Crippen MR) is 99.1 cm³/mol. The quantitative estimate of drug-likeness (QED) is 0.643. The van der Waals surface area contributed by atoms with Crippen molar-refractivity contribution in [1.29, 1.82) is 0 Å². The fraction of sp³-hybridized carbons (Fsp3) is 0.100. The highest BCUT2D eigenvalue weighted by atomic mass is 19.1. The molecule has 1 aromatic heterocycles. The average molecular weight is 369 g/mol. The number of nitrogens with one attached hydrogen (secondary N) is 2. The van der Waals surface area contributed by atoms with E-state index in [9.17, 15) is 13.6 Å². The van der Waals surface area contributed by atoms with Crippen molar-refractivity contribution in [2.75, 3.05) is 17.2 Å². The topological polar surface area (TPSA) is 63.2 Å². The van der Waals surface area contributed by atoms with Crippen LogP contribution in [0.5, 0.6) is 5.75 Å². The minimum atomic E-state index is -0.703. The Balaban J connectivity index is 1.50. The molecule has 0 atom stereocenters. The average Bonchev–Trinajstić information content (AvgIpc) is 2.67. The van der Waals surface area contributed by atoms with Crippen LogP contribution in [0.3, 0.4) is 0 Å². The Morgan fingerprint density at radius 2 is 1.70 bits per heavy atom. The highest BCUT2D eigenvalue weighted by Gasteiger charge is 2.09. The summed E-state index contributed by atoms with van der Waals surface area (Å²) in [6, 6.07) is 15.9. The lowest BCUT2D eigenvalue weighted by Crippen LogP contribution is -2.16. The number of hydrogen-bond donors (Lipinski definition) is 2. The number of amides is 1. The van der Waals surface area contributed by atoms with E-state index >= 15 is 0 Å². The summed E-state index contributed by atoms with van der Waals surface area (Å²) in [4.78, 5) is 16.0. The summed E-state index contributed by atoms with van der Waals surface area (Å²) >= 11 is 0. The van der Waals surface area contributed by atoms with E-state index in [0.717, 1.165) is 12.1 Å². The van der Waals surface area contributed by atoms with Crippen molar-refractivity contribution >= 4 is 23.1 Å². The minimum Gasteiger partial charge on any atom is -0.493 e. The lowest BCUT2D eigenvalue weighted by molar-refractivity contribution is -0.116. The van der Waals surface area contributed by atoms with E-state index in [0.29, 0.717) is 17.3 Å². The molecule has 3 rings (SSSR count). The van der Waals surface area contributed by atoms with Crippen molar-refractivity contribution in [2.24, 2.45) is 0 Å². The van der Waals surface area contributed by atoms with Crippen LogP contribution in [0.2, 0.25) is 0 Å². The van der Waals surface area contributed by atoms with Crippen LogP contribution < -0.4 is 15.4 Å². The molecule has 0 unspecified atom stereocenters. The summed E-state index contributed by atoms with van der Waals surface area (Å²) in [5, 5.41) is 5.26. The first kappa shape index (κ1) is 18.3. The molecule has 2 aromatic carbocycles. The molecule has 0 saturated carbocycles. The third-order valence-electron chi connectivity index (χ3n) is 3.60. The first-order valence-corrected chi connectivity index (χ1v) is 8.26. The van der Waals surface area contributed by atoms with E-state index in [1.807, 2.05) is 30.3 Å². The normalized spacial score (nSPS) is 10.3. The Morgan fingerprint density at radius 1 is 0.963 bits per heavy atom. The number of nitrogens with zero attached hydrogens (tertiary/aromatic N) is 1. The van der Waals surface area contributed by atoms with Gasteiger partial charge in [-0.15, -0.1) is 0 Å². The summed E-state index contributed by atoms with van der Waals surface area (Å²) in [6.45, 7) is 0.238. The molecule has 5 nitrogen and oxygen atoms in total. The number of rotatable bonds is 7. The number of anilines is 3. The number of halogens is 2. The van der Waals surface area contributed by atoms with Gasteiger partial charge in [0.15, 0.2) is 0 Å². The number of benzene rings is 2. The van der Waals surface area contributed by atoms with Gasteiger partial charge in [-0.25, -0.2) is 13.8 Å². The van der Waals surface area contributed by atoms with Crippen molar-refractivity contribution in [3.05, 3.63) is 78.5 Å². The maximum atomic E-state index is 13.6. The third kappa shape index (κ3) is 5.24. The molecule has 2 N–H and O–H groups in total. The van der Waals surface area contributed by atoms with Gasteiger partial charge in [-0.1, -0.05) is 24.3 Å². The van der Waals surface area contributed by atoms with Crippen LogP contribution in [0.1, 0.15) is 6.42 Å². The zero-order valence-electron chi connectivity index (χ0n) is 14.3. The molecule has 0 radical (unpaired) electrons. The van der Waals surface area contributed by atoms with Crippen LogP contribution in [-0.4, -0.2) is 17.5 Å². The van der Waals surface area contributed by atoms with Crippen molar-refractivity contribution in [1.82, 2.24) is 4.98 Å². The molecular weight excluding hydrogens is 352 g/mol. The van der Waals surface area contributed by atoms with Gasteiger partial charge < -0.3 is 15.4 Å². The molecule has 7 heteroatoms. The Morgan fingerprint density at radius 3 is 2.37 bits per heavy atom. The van der Waals surface area contributed by atoms with Crippen molar-refractivity contribution in [3.63, 3.8) is 0 Å². The van der Waals surface area contributed by atoms with Gasteiger partial charge in [-0.3, -0.25) is 4.79 Å². The maximum absolute atomic E-state index is 13.6. The Bertz CT molecular complexity index is 883. The second-order valence-corrected chi connectivity index (χ2v) is 5.61. The van der Waals surface area contributed by atoms with Crippen molar-refractivity contribution in [3.8, 4) is 5.75 Å². The number of para-hydroxylation sites is 2. The van der Waals surface area contributed by atoms with Gasteiger partial charge in [0.25, 0.3) is 0 Å². The van der Waals surface area contributed by atoms with E-state index in [1.165, 1.54) is 18.3 Å². The van der Waals surface area contributed by atoms with Crippen molar-refractivity contribution in [2.45, 2.75) is 6.42 Å². The largest absolute Gasteiger partial charge is 0.493 e. The predicted octanol–water partition coefficient (Wildman–Crippen LogP) is 4.51. The van der Waals surface area contributed by atoms with Gasteiger partial charge in [-0.2, -0.15) is 0 Å². The Hall–Kier alpha value is -3.48. The fourth-order valence-corrected chi connectivity index (χ4v) is 2.29. The van der Waals surface area contributed by atoms with E-state index in [2.05, 4.69) is 15.6 Å². The molecule has 3 aromatic rings. The van der Waals surface area contributed by atoms with Crippen LogP contribution >= 0.6 is 0 Å². The van der Waals surface area contributed by atoms with Gasteiger partial charge in [0, 0.05) is 0 Å². The second-order valence-electron chi connectivity index (χ2n) is 5.61. The molecule has 0 fully saturated rings. The highest BCUT2D eigenvalue weighted by Crippen LogP contribution is 2.23.